The molecule has 3 N–H and O–H groups in total. The fraction of sp³-hybridized carbons (Fsp3) is 0.267. The second kappa shape index (κ2) is 6.20. The van der Waals surface area contributed by atoms with Crippen molar-refractivity contribution < 1.29 is 9.84 Å². The molecule has 2 aromatic rings. The molecular weight excluding hydrogens is 240 g/mol. The van der Waals surface area contributed by atoms with E-state index in [1.165, 1.54) is 7.11 Å². The Bertz CT molecular complexity index is 529. The average Bonchev–Trinajstić information content (AvgIpc) is 2.47. The molecule has 2 rings (SSSR count). The largest absolute Gasteiger partial charge is 0.504 e. The topological polar surface area (TPSA) is 68.4 Å². The first-order chi connectivity index (χ1) is 9.24. The van der Waals surface area contributed by atoms with E-state index in [2.05, 4.69) is 4.98 Å². The van der Waals surface area contributed by atoms with Crippen LogP contribution in [0.15, 0.2) is 42.6 Å². The highest BCUT2D eigenvalue weighted by Crippen LogP contribution is 2.28. The van der Waals surface area contributed by atoms with Crippen LogP contribution in [0.25, 0.3) is 0 Å². The zero-order valence-corrected chi connectivity index (χ0v) is 10.9. The summed E-state index contributed by atoms with van der Waals surface area (Å²) in [5.74, 6) is 0.790. The second-order valence-corrected chi connectivity index (χ2v) is 4.40. The summed E-state index contributed by atoms with van der Waals surface area (Å²) < 4.78 is 5.11. The summed E-state index contributed by atoms with van der Waals surface area (Å²) in [7, 11) is 1.54. The maximum atomic E-state index is 9.58. The van der Waals surface area contributed by atoms with Crippen LogP contribution in [-0.4, -0.2) is 23.7 Å². The molecule has 19 heavy (non-hydrogen) atoms. The number of phenolic OH excluding ortho intramolecular Hbond substituents is 1. The highest BCUT2D eigenvalue weighted by molar-refractivity contribution is 5.42. The van der Waals surface area contributed by atoms with Gasteiger partial charge in [-0.1, -0.05) is 12.1 Å². The molecule has 4 nitrogen and oxygen atoms in total. The highest BCUT2D eigenvalue weighted by Gasteiger charge is 2.13. The summed E-state index contributed by atoms with van der Waals surface area (Å²) in [6.07, 6.45) is 2.54. The monoisotopic (exact) mass is 258 g/mol. The summed E-state index contributed by atoms with van der Waals surface area (Å²) in [5, 5.41) is 9.58. The Labute approximate surface area is 112 Å². The standard InChI is InChI=1S/C15H18N2O2/c1-19-15-9-11(5-6-14(15)18)8-12(10-16)13-4-2-3-7-17-13/h2-7,9,12,18H,8,10,16H2,1H3. The van der Waals surface area contributed by atoms with Crippen molar-refractivity contribution in [3.63, 3.8) is 0 Å². The summed E-state index contributed by atoms with van der Waals surface area (Å²) in [5.41, 5.74) is 7.88. The smallest absolute Gasteiger partial charge is 0.160 e. The Kier molecular flexibility index (Phi) is 4.36. The van der Waals surface area contributed by atoms with E-state index in [4.69, 9.17) is 10.5 Å². The molecule has 100 valence electrons. The number of ether oxygens (including phenoxy) is 1. The van der Waals surface area contributed by atoms with Gasteiger partial charge in [0.1, 0.15) is 0 Å². The van der Waals surface area contributed by atoms with E-state index in [1.807, 2.05) is 30.3 Å². The minimum Gasteiger partial charge on any atom is -0.504 e. The number of methoxy groups -OCH3 is 1. The molecule has 0 bridgehead atoms. The van der Waals surface area contributed by atoms with E-state index in [-0.39, 0.29) is 11.7 Å². The molecule has 0 spiro atoms. The molecule has 0 saturated heterocycles. The third-order valence-electron chi connectivity index (χ3n) is 3.12. The molecule has 0 fully saturated rings. The Morgan fingerprint density at radius 1 is 1.32 bits per heavy atom. The minimum atomic E-state index is 0.147. The predicted octanol–water partition coefficient (Wildman–Crippen LogP) is 2.08. The molecule has 0 aliphatic heterocycles. The Balaban J connectivity index is 2.19. The molecule has 0 radical (unpaired) electrons. The van der Waals surface area contributed by atoms with Gasteiger partial charge in [0.05, 0.1) is 7.11 Å². The lowest BCUT2D eigenvalue weighted by molar-refractivity contribution is 0.373. The Morgan fingerprint density at radius 3 is 2.79 bits per heavy atom. The van der Waals surface area contributed by atoms with Crippen LogP contribution in [0, 0.1) is 0 Å². The normalized spacial score (nSPS) is 12.1. The SMILES string of the molecule is COc1cc(CC(CN)c2ccccn2)ccc1O. The van der Waals surface area contributed by atoms with E-state index < -0.39 is 0 Å². The fourth-order valence-electron chi connectivity index (χ4n) is 2.06. The number of phenols is 1. The van der Waals surface area contributed by atoms with Gasteiger partial charge in [0, 0.05) is 24.4 Å². The molecule has 4 heteroatoms. The number of hydrogen-bond acceptors (Lipinski definition) is 4. The van der Waals surface area contributed by atoms with Gasteiger partial charge in [-0.25, -0.2) is 0 Å². The molecule has 1 atom stereocenters. The number of nitrogens with zero attached hydrogens (tertiary/aromatic N) is 1. The van der Waals surface area contributed by atoms with Gasteiger partial charge in [0.2, 0.25) is 0 Å². The molecule has 0 amide bonds. The van der Waals surface area contributed by atoms with Crippen molar-refractivity contribution in [1.82, 2.24) is 4.98 Å². The van der Waals surface area contributed by atoms with Crippen LogP contribution in [0.2, 0.25) is 0 Å². The predicted molar refractivity (Wildman–Crippen MR) is 74.4 cm³/mol. The first-order valence-electron chi connectivity index (χ1n) is 6.21. The third kappa shape index (κ3) is 3.23. The number of benzene rings is 1. The third-order valence-corrected chi connectivity index (χ3v) is 3.12. The summed E-state index contributed by atoms with van der Waals surface area (Å²) in [6.45, 7) is 0.528. The van der Waals surface area contributed by atoms with Crippen LogP contribution in [0.4, 0.5) is 0 Å². The second-order valence-electron chi connectivity index (χ2n) is 4.40. The number of aromatic hydroxyl groups is 1. The van der Waals surface area contributed by atoms with Crippen LogP contribution in [0.3, 0.4) is 0 Å². The maximum absolute atomic E-state index is 9.58. The molecule has 1 heterocycles. The molecule has 1 aromatic carbocycles. The van der Waals surface area contributed by atoms with Crippen LogP contribution < -0.4 is 10.5 Å². The van der Waals surface area contributed by atoms with Gasteiger partial charge < -0.3 is 15.6 Å². The summed E-state index contributed by atoms with van der Waals surface area (Å²) in [6, 6.07) is 11.2. The van der Waals surface area contributed by atoms with E-state index >= 15 is 0 Å². The van der Waals surface area contributed by atoms with Gasteiger partial charge in [0.25, 0.3) is 0 Å². The zero-order chi connectivity index (χ0) is 13.7. The zero-order valence-electron chi connectivity index (χ0n) is 10.9. The van der Waals surface area contributed by atoms with Crippen LogP contribution in [0.5, 0.6) is 11.5 Å². The van der Waals surface area contributed by atoms with Crippen LogP contribution in [-0.2, 0) is 6.42 Å². The van der Waals surface area contributed by atoms with Crippen LogP contribution in [0.1, 0.15) is 17.2 Å². The van der Waals surface area contributed by atoms with Crippen LogP contribution >= 0.6 is 0 Å². The number of aromatic nitrogens is 1. The summed E-state index contributed by atoms with van der Waals surface area (Å²) in [4.78, 5) is 4.35. The van der Waals surface area contributed by atoms with E-state index in [9.17, 15) is 5.11 Å². The van der Waals surface area contributed by atoms with Gasteiger partial charge in [-0.15, -0.1) is 0 Å². The van der Waals surface area contributed by atoms with Crippen molar-refractivity contribution >= 4 is 0 Å². The maximum Gasteiger partial charge on any atom is 0.160 e. The van der Waals surface area contributed by atoms with Gasteiger partial charge in [0.15, 0.2) is 11.5 Å². The Morgan fingerprint density at radius 2 is 2.16 bits per heavy atom. The van der Waals surface area contributed by atoms with Crippen molar-refractivity contribution in [2.75, 3.05) is 13.7 Å². The van der Waals surface area contributed by atoms with E-state index in [0.29, 0.717) is 12.3 Å². The molecule has 0 aliphatic carbocycles. The number of rotatable bonds is 5. The van der Waals surface area contributed by atoms with Crippen molar-refractivity contribution in [3.8, 4) is 11.5 Å². The molecule has 1 aromatic heterocycles. The lowest BCUT2D eigenvalue weighted by Gasteiger charge is -2.15. The quantitative estimate of drug-likeness (QED) is 0.861. The van der Waals surface area contributed by atoms with E-state index in [0.717, 1.165) is 17.7 Å². The number of pyridine rings is 1. The van der Waals surface area contributed by atoms with Gasteiger partial charge in [-0.05, 0) is 36.2 Å². The van der Waals surface area contributed by atoms with Gasteiger partial charge in [-0.2, -0.15) is 0 Å². The lowest BCUT2D eigenvalue weighted by atomic mass is 9.95. The van der Waals surface area contributed by atoms with Crippen molar-refractivity contribution in [3.05, 3.63) is 53.9 Å². The first kappa shape index (κ1) is 13.4. The molecular formula is C15H18N2O2. The van der Waals surface area contributed by atoms with Crippen molar-refractivity contribution in [1.29, 1.82) is 0 Å². The highest BCUT2D eigenvalue weighted by atomic mass is 16.5. The number of nitrogens with two attached hydrogens (primary N) is 1. The molecule has 0 saturated carbocycles. The van der Waals surface area contributed by atoms with Crippen molar-refractivity contribution in [2.24, 2.45) is 5.73 Å². The lowest BCUT2D eigenvalue weighted by Crippen LogP contribution is -2.16. The minimum absolute atomic E-state index is 0.147. The van der Waals surface area contributed by atoms with Gasteiger partial charge >= 0.3 is 0 Å². The average molecular weight is 258 g/mol. The fourth-order valence-corrected chi connectivity index (χ4v) is 2.06. The van der Waals surface area contributed by atoms with Gasteiger partial charge in [-0.3, -0.25) is 4.98 Å². The van der Waals surface area contributed by atoms with Crippen molar-refractivity contribution in [2.45, 2.75) is 12.3 Å². The summed E-state index contributed by atoms with van der Waals surface area (Å²) >= 11 is 0. The molecule has 1 unspecified atom stereocenters. The Hall–Kier alpha value is -2.07. The number of hydrogen-bond donors (Lipinski definition) is 2. The first-order valence-corrected chi connectivity index (χ1v) is 6.21. The van der Waals surface area contributed by atoms with E-state index in [1.54, 1.807) is 12.3 Å². The molecule has 0 aliphatic rings.